The highest BCUT2D eigenvalue weighted by molar-refractivity contribution is 7.71. The van der Waals surface area contributed by atoms with E-state index in [-0.39, 0.29) is 5.78 Å². The minimum atomic E-state index is 0.106. The van der Waals surface area contributed by atoms with Gasteiger partial charge >= 0.3 is 0 Å². The van der Waals surface area contributed by atoms with Gasteiger partial charge in [-0.05, 0) is 67.7 Å². The van der Waals surface area contributed by atoms with E-state index >= 15 is 0 Å². The first-order valence-electron chi connectivity index (χ1n) is 10.2. The third-order valence-corrected chi connectivity index (χ3v) is 6.13. The molecule has 3 aromatic rings. The first-order valence-corrected chi connectivity index (χ1v) is 10.6. The van der Waals surface area contributed by atoms with Crippen molar-refractivity contribution in [3.63, 3.8) is 0 Å². The Bertz CT molecular complexity index is 1060. The summed E-state index contributed by atoms with van der Waals surface area (Å²) in [6.07, 6.45) is 4.09. The predicted molar refractivity (Wildman–Crippen MR) is 121 cm³/mol. The molecule has 2 heterocycles. The van der Waals surface area contributed by atoms with Crippen LogP contribution in [0.4, 0.5) is 5.69 Å². The van der Waals surface area contributed by atoms with E-state index in [9.17, 15) is 4.79 Å². The molecule has 30 heavy (non-hydrogen) atoms. The molecule has 1 fully saturated rings. The highest BCUT2D eigenvalue weighted by Crippen LogP contribution is 2.17. The fourth-order valence-corrected chi connectivity index (χ4v) is 4.15. The van der Waals surface area contributed by atoms with Crippen LogP contribution in [0.2, 0.25) is 0 Å². The van der Waals surface area contributed by atoms with E-state index in [1.54, 1.807) is 14.0 Å². The Morgan fingerprint density at radius 1 is 1.00 bits per heavy atom. The number of nitrogens with one attached hydrogen (secondary N) is 1. The van der Waals surface area contributed by atoms with Crippen LogP contribution in [0.3, 0.4) is 0 Å². The number of ketones is 1. The van der Waals surface area contributed by atoms with E-state index in [0.717, 1.165) is 54.6 Å². The van der Waals surface area contributed by atoms with Crippen LogP contribution < -0.4 is 14.5 Å². The molecule has 0 atom stereocenters. The van der Waals surface area contributed by atoms with Gasteiger partial charge in [-0.3, -0.25) is 13.9 Å². The zero-order valence-electron chi connectivity index (χ0n) is 17.4. The summed E-state index contributed by atoms with van der Waals surface area (Å²) in [5.74, 6) is 0.942. The largest absolute Gasteiger partial charge is 0.497 e. The molecule has 4 rings (SSSR count). The molecule has 0 saturated carbocycles. The maximum Gasteiger partial charge on any atom is 0.188 e. The van der Waals surface area contributed by atoms with Gasteiger partial charge in [-0.2, -0.15) is 0 Å². The number of quaternary nitrogens is 1. The lowest BCUT2D eigenvalue weighted by Crippen LogP contribution is -3.14. The average molecular weight is 424 g/mol. The summed E-state index contributed by atoms with van der Waals surface area (Å²) in [4.78, 5) is 15.4. The minimum Gasteiger partial charge on any atom is -0.497 e. The zero-order valence-corrected chi connectivity index (χ0v) is 18.2. The summed E-state index contributed by atoms with van der Waals surface area (Å²) in [5, 5.41) is 0. The molecule has 0 aliphatic carbocycles. The van der Waals surface area contributed by atoms with Crippen LogP contribution in [0.5, 0.6) is 5.75 Å². The van der Waals surface area contributed by atoms with Crippen LogP contribution in [0.15, 0.2) is 60.9 Å². The SMILES string of the molecule is COc1ccc(-n2ccn(C[NH+]3CCN(c4ccc(C(C)=O)cc4)CC3)c2=S)cc1. The standard InChI is InChI=1S/C23H26N4O2S/c1-18(28)19-3-5-20(6-4-19)25-13-11-24(12-14-25)17-26-15-16-27(23(26)30)21-7-9-22(29-2)10-8-21/h3-10,15-16H,11-14,17H2,1-2H3/p+1. The Hall–Kier alpha value is -2.90. The van der Waals surface area contributed by atoms with Gasteiger partial charge in [0.05, 0.1) is 33.3 Å². The predicted octanol–water partition coefficient (Wildman–Crippen LogP) is 2.58. The highest BCUT2D eigenvalue weighted by atomic mass is 32.1. The van der Waals surface area contributed by atoms with Gasteiger partial charge in [0.25, 0.3) is 0 Å². The number of piperazine rings is 1. The number of aromatic nitrogens is 2. The third kappa shape index (κ3) is 4.32. The number of rotatable bonds is 6. The highest BCUT2D eigenvalue weighted by Gasteiger charge is 2.21. The molecule has 0 radical (unpaired) electrons. The fraction of sp³-hybridized carbons (Fsp3) is 0.304. The lowest BCUT2D eigenvalue weighted by atomic mass is 10.1. The lowest BCUT2D eigenvalue weighted by molar-refractivity contribution is -0.923. The molecule has 1 N–H and O–H groups in total. The van der Waals surface area contributed by atoms with Crippen LogP contribution in [0, 0.1) is 4.77 Å². The van der Waals surface area contributed by atoms with E-state index < -0.39 is 0 Å². The summed E-state index contributed by atoms with van der Waals surface area (Å²) in [5.41, 5.74) is 2.98. The second kappa shape index (κ2) is 8.85. The first kappa shape index (κ1) is 20.4. The normalized spacial score (nSPS) is 14.7. The third-order valence-electron chi connectivity index (χ3n) is 5.70. The Kier molecular flexibility index (Phi) is 6.01. The zero-order chi connectivity index (χ0) is 21.1. The molecule has 7 heteroatoms. The Morgan fingerprint density at radius 2 is 1.63 bits per heavy atom. The molecular weight excluding hydrogens is 396 g/mol. The van der Waals surface area contributed by atoms with Gasteiger partial charge in [0.1, 0.15) is 5.75 Å². The van der Waals surface area contributed by atoms with Gasteiger partial charge < -0.3 is 14.5 Å². The summed E-state index contributed by atoms with van der Waals surface area (Å²) >= 11 is 5.71. The molecule has 2 aromatic carbocycles. The van der Waals surface area contributed by atoms with Crippen molar-refractivity contribution < 1.29 is 14.4 Å². The molecule has 1 saturated heterocycles. The van der Waals surface area contributed by atoms with Gasteiger partial charge in [-0.25, -0.2) is 0 Å². The molecule has 156 valence electrons. The number of carbonyl (C=O) groups is 1. The van der Waals surface area contributed by atoms with Gasteiger partial charge in [0, 0.05) is 29.3 Å². The molecule has 1 aliphatic rings. The summed E-state index contributed by atoms with van der Waals surface area (Å²) < 4.78 is 10.2. The van der Waals surface area contributed by atoms with Gasteiger partial charge in [-0.1, -0.05) is 0 Å². The number of Topliss-reactive ketones (excluding diaryl/α,β-unsaturated/α-hetero) is 1. The summed E-state index contributed by atoms with van der Waals surface area (Å²) in [7, 11) is 1.67. The second-order valence-electron chi connectivity index (χ2n) is 7.62. The van der Waals surface area contributed by atoms with E-state index in [1.165, 1.54) is 10.6 Å². The second-order valence-corrected chi connectivity index (χ2v) is 7.98. The number of benzene rings is 2. The lowest BCUT2D eigenvalue weighted by Gasteiger charge is -2.33. The van der Waals surface area contributed by atoms with Crippen molar-refractivity contribution in [2.24, 2.45) is 0 Å². The first-order chi connectivity index (χ1) is 14.5. The van der Waals surface area contributed by atoms with Gasteiger partial charge in [0.2, 0.25) is 0 Å². The van der Waals surface area contributed by atoms with E-state index in [0.29, 0.717) is 0 Å². The Labute approximate surface area is 181 Å². The van der Waals surface area contributed by atoms with Gasteiger partial charge in [-0.15, -0.1) is 0 Å². The van der Waals surface area contributed by atoms with Crippen LogP contribution in [0.25, 0.3) is 5.69 Å². The maximum atomic E-state index is 11.5. The number of ether oxygens (including phenoxy) is 1. The molecule has 0 spiro atoms. The monoisotopic (exact) mass is 423 g/mol. The van der Waals surface area contributed by atoms with Crippen LogP contribution in [-0.2, 0) is 6.67 Å². The van der Waals surface area contributed by atoms with Crippen molar-refractivity contribution >= 4 is 23.7 Å². The smallest absolute Gasteiger partial charge is 0.188 e. The molecule has 6 nitrogen and oxygen atoms in total. The average Bonchev–Trinajstić information content (AvgIpc) is 3.14. The van der Waals surface area contributed by atoms with E-state index in [4.69, 9.17) is 17.0 Å². The fourth-order valence-electron chi connectivity index (χ4n) is 3.86. The van der Waals surface area contributed by atoms with E-state index in [2.05, 4.69) is 15.7 Å². The Morgan fingerprint density at radius 3 is 2.23 bits per heavy atom. The molecule has 0 unspecified atom stereocenters. The minimum absolute atomic E-state index is 0.106. The van der Waals surface area contributed by atoms with Gasteiger partial charge in [0.15, 0.2) is 17.2 Å². The number of hydrogen-bond donors (Lipinski definition) is 1. The number of carbonyl (C=O) groups excluding carboxylic acids is 1. The number of hydrogen-bond acceptors (Lipinski definition) is 4. The van der Waals surface area contributed by atoms with Crippen LogP contribution >= 0.6 is 12.2 Å². The van der Waals surface area contributed by atoms with Crippen LogP contribution in [0.1, 0.15) is 17.3 Å². The van der Waals surface area contributed by atoms with Crippen LogP contribution in [-0.4, -0.2) is 48.2 Å². The molecule has 0 bridgehead atoms. The van der Waals surface area contributed by atoms with E-state index in [1.807, 2.05) is 59.3 Å². The number of anilines is 1. The van der Waals surface area contributed by atoms with Crippen molar-refractivity contribution in [2.45, 2.75) is 13.6 Å². The summed E-state index contributed by atoms with van der Waals surface area (Å²) in [6.45, 7) is 6.53. The number of imidazole rings is 1. The molecular formula is C23H27N4O2S+. The summed E-state index contributed by atoms with van der Waals surface area (Å²) in [6, 6.07) is 15.9. The van der Waals surface area contributed by atoms with Crippen molar-refractivity contribution in [3.05, 3.63) is 71.3 Å². The quantitative estimate of drug-likeness (QED) is 0.489. The maximum absolute atomic E-state index is 11.5. The number of methoxy groups -OCH3 is 1. The number of nitrogens with zero attached hydrogens (tertiary/aromatic N) is 3. The van der Waals surface area contributed by atoms with Crippen molar-refractivity contribution in [1.29, 1.82) is 0 Å². The molecule has 1 aliphatic heterocycles. The topological polar surface area (TPSA) is 43.8 Å². The van der Waals surface area contributed by atoms with Crippen molar-refractivity contribution in [1.82, 2.24) is 9.13 Å². The van der Waals surface area contributed by atoms with Crippen molar-refractivity contribution in [3.8, 4) is 11.4 Å². The molecule has 1 aromatic heterocycles. The van der Waals surface area contributed by atoms with Crippen molar-refractivity contribution in [2.75, 3.05) is 38.2 Å². The Balaban J connectivity index is 1.37. The molecule has 0 amide bonds.